The molecule has 116 valence electrons. The van der Waals surface area contributed by atoms with E-state index in [1.165, 1.54) is 32.1 Å². The zero-order chi connectivity index (χ0) is 14.9. The largest absolute Gasteiger partial charge is 0.492 e. The lowest BCUT2D eigenvalue weighted by Crippen LogP contribution is -2.41. The highest BCUT2D eigenvalue weighted by atomic mass is 16.5. The number of amides is 2. The lowest BCUT2D eigenvalue weighted by Gasteiger charge is -2.27. The van der Waals surface area contributed by atoms with E-state index >= 15 is 0 Å². The van der Waals surface area contributed by atoms with Crippen LogP contribution in [0.2, 0.25) is 0 Å². The van der Waals surface area contributed by atoms with Crippen molar-refractivity contribution in [3.63, 3.8) is 0 Å². The first-order chi connectivity index (χ1) is 10.3. The first-order valence-electron chi connectivity index (χ1n) is 7.92. The number of urea groups is 1. The molecule has 1 fully saturated rings. The molecular weight excluding hydrogens is 264 g/mol. The number of para-hydroxylation sites is 1. The molecule has 0 aliphatic heterocycles. The molecule has 0 unspecified atom stereocenters. The molecular formula is C17H26N2O2. The van der Waals surface area contributed by atoms with Crippen LogP contribution in [0.1, 0.15) is 32.1 Å². The third-order valence-electron chi connectivity index (χ3n) is 3.99. The predicted molar refractivity (Wildman–Crippen MR) is 84.5 cm³/mol. The van der Waals surface area contributed by atoms with Crippen LogP contribution in [-0.4, -0.2) is 37.7 Å². The van der Waals surface area contributed by atoms with Crippen LogP contribution in [0.15, 0.2) is 30.3 Å². The van der Waals surface area contributed by atoms with Gasteiger partial charge in [0.05, 0.1) is 6.54 Å². The first kappa shape index (κ1) is 15.7. The van der Waals surface area contributed by atoms with Crippen molar-refractivity contribution in [3.8, 4) is 5.75 Å². The van der Waals surface area contributed by atoms with Gasteiger partial charge in [0.2, 0.25) is 0 Å². The van der Waals surface area contributed by atoms with Crippen LogP contribution >= 0.6 is 0 Å². The monoisotopic (exact) mass is 290 g/mol. The minimum Gasteiger partial charge on any atom is -0.492 e. The first-order valence-corrected chi connectivity index (χ1v) is 7.92. The minimum absolute atomic E-state index is 0.00256. The maximum absolute atomic E-state index is 12.0. The number of ether oxygens (including phenoxy) is 1. The number of benzene rings is 1. The summed E-state index contributed by atoms with van der Waals surface area (Å²) in [5, 5.41) is 2.90. The Kier molecular flexibility index (Phi) is 6.38. The lowest BCUT2D eigenvalue weighted by molar-refractivity contribution is 0.189. The van der Waals surface area contributed by atoms with Crippen LogP contribution < -0.4 is 10.1 Å². The van der Waals surface area contributed by atoms with E-state index in [4.69, 9.17) is 4.74 Å². The highest BCUT2D eigenvalue weighted by molar-refractivity contribution is 5.73. The fraction of sp³-hybridized carbons (Fsp3) is 0.588. The lowest BCUT2D eigenvalue weighted by atomic mass is 9.89. The van der Waals surface area contributed by atoms with Crippen molar-refractivity contribution in [1.82, 2.24) is 10.2 Å². The van der Waals surface area contributed by atoms with Crippen molar-refractivity contribution in [2.75, 3.05) is 26.7 Å². The maximum atomic E-state index is 12.0. The van der Waals surface area contributed by atoms with Gasteiger partial charge in [-0.15, -0.1) is 0 Å². The molecule has 0 saturated heterocycles. The van der Waals surface area contributed by atoms with Crippen LogP contribution in [0.5, 0.6) is 5.75 Å². The van der Waals surface area contributed by atoms with E-state index in [2.05, 4.69) is 5.32 Å². The second-order valence-electron chi connectivity index (χ2n) is 5.78. The SMILES string of the molecule is CN(CC1CCCCC1)C(=O)NCCOc1ccccc1. The summed E-state index contributed by atoms with van der Waals surface area (Å²) >= 11 is 0. The smallest absolute Gasteiger partial charge is 0.317 e. The molecule has 2 amide bonds. The molecule has 0 radical (unpaired) electrons. The molecule has 0 bridgehead atoms. The second-order valence-corrected chi connectivity index (χ2v) is 5.78. The van der Waals surface area contributed by atoms with Gasteiger partial charge in [-0.05, 0) is 30.9 Å². The quantitative estimate of drug-likeness (QED) is 0.817. The maximum Gasteiger partial charge on any atom is 0.317 e. The summed E-state index contributed by atoms with van der Waals surface area (Å²) in [6.45, 7) is 1.89. The topological polar surface area (TPSA) is 41.6 Å². The predicted octanol–water partition coefficient (Wildman–Crippen LogP) is 3.29. The van der Waals surface area contributed by atoms with Crippen molar-refractivity contribution in [1.29, 1.82) is 0 Å². The Labute approximate surface area is 127 Å². The summed E-state index contributed by atoms with van der Waals surface area (Å²) in [6.07, 6.45) is 6.49. The normalized spacial score (nSPS) is 15.5. The molecule has 0 spiro atoms. The Morgan fingerprint density at radius 3 is 2.67 bits per heavy atom. The van der Waals surface area contributed by atoms with Gasteiger partial charge in [0.25, 0.3) is 0 Å². The third-order valence-corrected chi connectivity index (χ3v) is 3.99. The molecule has 0 aromatic heterocycles. The summed E-state index contributed by atoms with van der Waals surface area (Å²) in [4.78, 5) is 13.8. The Morgan fingerprint density at radius 1 is 1.24 bits per heavy atom. The summed E-state index contributed by atoms with van der Waals surface area (Å²) in [5.74, 6) is 1.51. The number of hydrogen-bond donors (Lipinski definition) is 1. The van der Waals surface area contributed by atoms with Crippen molar-refractivity contribution >= 4 is 6.03 Å². The molecule has 4 heteroatoms. The van der Waals surface area contributed by atoms with E-state index < -0.39 is 0 Å². The summed E-state index contributed by atoms with van der Waals surface area (Å²) in [5.41, 5.74) is 0. The van der Waals surface area contributed by atoms with E-state index in [1.54, 1.807) is 4.90 Å². The molecule has 21 heavy (non-hydrogen) atoms. The third kappa shape index (κ3) is 5.66. The molecule has 1 N–H and O–H groups in total. The molecule has 1 aliphatic carbocycles. The zero-order valence-electron chi connectivity index (χ0n) is 12.9. The minimum atomic E-state index is -0.00256. The average molecular weight is 290 g/mol. The molecule has 1 aromatic carbocycles. The highest BCUT2D eigenvalue weighted by Crippen LogP contribution is 2.23. The van der Waals surface area contributed by atoms with Gasteiger partial charge in [0, 0.05) is 13.6 Å². The zero-order valence-corrected chi connectivity index (χ0v) is 12.9. The summed E-state index contributed by atoms with van der Waals surface area (Å²) in [6, 6.07) is 9.65. The molecule has 1 saturated carbocycles. The standard InChI is InChI=1S/C17H26N2O2/c1-19(14-15-8-4-2-5-9-15)17(20)18-12-13-21-16-10-6-3-7-11-16/h3,6-7,10-11,15H,2,4-5,8-9,12-14H2,1H3,(H,18,20). The number of nitrogens with zero attached hydrogens (tertiary/aromatic N) is 1. The number of carbonyl (C=O) groups is 1. The molecule has 2 rings (SSSR count). The average Bonchev–Trinajstić information content (AvgIpc) is 2.53. The highest BCUT2D eigenvalue weighted by Gasteiger charge is 2.17. The second kappa shape index (κ2) is 8.55. The number of carbonyl (C=O) groups excluding carboxylic acids is 1. The Bertz CT molecular complexity index is 416. The van der Waals surface area contributed by atoms with Crippen molar-refractivity contribution in [3.05, 3.63) is 30.3 Å². The van der Waals surface area contributed by atoms with Gasteiger partial charge in [0.15, 0.2) is 0 Å². The van der Waals surface area contributed by atoms with Crippen molar-refractivity contribution in [2.45, 2.75) is 32.1 Å². The van der Waals surface area contributed by atoms with E-state index in [1.807, 2.05) is 37.4 Å². The number of nitrogens with one attached hydrogen (secondary N) is 1. The van der Waals surface area contributed by atoms with E-state index in [-0.39, 0.29) is 6.03 Å². The fourth-order valence-electron chi connectivity index (χ4n) is 2.82. The van der Waals surface area contributed by atoms with E-state index in [0.29, 0.717) is 19.1 Å². The van der Waals surface area contributed by atoms with Crippen LogP contribution in [0.4, 0.5) is 4.79 Å². The van der Waals surface area contributed by atoms with E-state index in [0.717, 1.165) is 12.3 Å². The van der Waals surface area contributed by atoms with Crippen LogP contribution in [0.25, 0.3) is 0 Å². The molecule has 0 atom stereocenters. The van der Waals surface area contributed by atoms with Gasteiger partial charge < -0.3 is 15.0 Å². The van der Waals surface area contributed by atoms with Gasteiger partial charge in [0.1, 0.15) is 12.4 Å². The number of hydrogen-bond acceptors (Lipinski definition) is 2. The van der Waals surface area contributed by atoms with Gasteiger partial charge in [-0.3, -0.25) is 0 Å². The molecule has 4 nitrogen and oxygen atoms in total. The van der Waals surface area contributed by atoms with Gasteiger partial charge >= 0.3 is 6.03 Å². The van der Waals surface area contributed by atoms with Crippen LogP contribution in [-0.2, 0) is 0 Å². The Morgan fingerprint density at radius 2 is 1.95 bits per heavy atom. The Hall–Kier alpha value is -1.71. The molecule has 1 aliphatic rings. The fourth-order valence-corrected chi connectivity index (χ4v) is 2.82. The van der Waals surface area contributed by atoms with Crippen molar-refractivity contribution in [2.24, 2.45) is 5.92 Å². The van der Waals surface area contributed by atoms with Crippen LogP contribution in [0.3, 0.4) is 0 Å². The molecule has 0 heterocycles. The van der Waals surface area contributed by atoms with Gasteiger partial charge in [-0.2, -0.15) is 0 Å². The van der Waals surface area contributed by atoms with Gasteiger partial charge in [-0.1, -0.05) is 37.5 Å². The van der Waals surface area contributed by atoms with Crippen molar-refractivity contribution < 1.29 is 9.53 Å². The number of rotatable bonds is 6. The molecule has 1 aromatic rings. The Balaban J connectivity index is 1.60. The summed E-state index contributed by atoms with van der Waals surface area (Å²) in [7, 11) is 1.88. The van der Waals surface area contributed by atoms with E-state index in [9.17, 15) is 4.79 Å². The summed E-state index contributed by atoms with van der Waals surface area (Å²) < 4.78 is 5.55. The van der Waals surface area contributed by atoms with Gasteiger partial charge in [-0.25, -0.2) is 4.79 Å². The van der Waals surface area contributed by atoms with Crippen LogP contribution in [0, 0.1) is 5.92 Å².